The van der Waals surface area contributed by atoms with Crippen LogP contribution in [0.25, 0.3) is 22.0 Å². The molecule has 2 heteroatoms. The van der Waals surface area contributed by atoms with Gasteiger partial charge in [-0.2, -0.15) is 0 Å². The van der Waals surface area contributed by atoms with Gasteiger partial charge >= 0.3 is 0 Å². The number of hydrogen-bond acceptors (Lipinski definition) is 1. The zero-order valence-corrected chi connectivity index (χ0v) is 12.2. The highest BCUT2D eigenvalue weighted by Gasteiger charge is 2.18. The third-order valence-corrected chi connectivity index (χ3v) is 4.65. The van der Waals surface area contributed by atoms with E-state index in [4.69, 9.17) is 0 Å². The van der Waals surface area contributed by atoms with E-state index >= 15 is 0 Å². The second-order valence-electron chi connectivity index (χ2n) is 6.08. The van der Waals surface area contributed by atoms with Gasteiger partial charge in [-0.3, -0.25) is 0 Å². The van der Waals surface area contributed by atoms with Crippen LogP contribution < -0.4 is 0 Å². The van der Waals surface area contributed by atoms with E-state index in [1.165, 1.54) is 54.3 Å². The highest BCUT2D eigenvalue weighted by molar-refractivity contribution is 5.86. The first kappa shape index (κ1) is 12.6. The van der Waals surface area contributed by atoms with Gasteiger partial charge in [-0.15, -0.1) is 0 Å². The van der Waals surface area contributed by atoms with E-state index in [1.54, 1.807) is 0 Å². The summed E-state index contributed by atoms with van der Waals surface area (Å²) >= 11 is 0. The lowest BCUT2D eigenvalue weighted by Crippen LogP contribution is -2.06. The van der Waals surface area contributed by atoms with E-state index < -0.39 is 0 Å². The van der Waals surface area contributed by atoms with Crippen LogP contribution in [0.3, 0.4) is 0 Å². The normalized spacial score (nSPS) is 16.4. The van der Waals surface area contributed by atoms with Crippen LogP contribution in [0.2, 0.25) is 0 Å². The summed E-state index contributed by atoms with van der Waals surface area (Å²) in [4.78, 5) is 8.19. The molecule has 1 fully saturated rings. The van der Waals surface area contributed by atoms with E-state index in [2.05, 4.69) is 52.4 Å². The first-order valence-electron chi connectivity index (χ1n) is 7.94. The summed E-state index contributed by atoms with van der Waals surface area (Å²) < 4.78 is 0. The topological polar surface area (TPSA) is 28.7 Å². The summed E-state index contributed by atoms with van der Waals surface area (Å²) in [6.07, 6.45) is 8.63. The van der Waals surface area contributed by atoms with Gasteiger partial charge < -0.3 is 4.98 Å². The minimum Gasteiger partial charge on any atom is -0.342 e. The number of benzene rings is 2. The Balaban J connectivity index is 1.67. The Morgan fingerprint density at radius 1 is 0.905 bits per heavy atom. The molecule has 1 aliphatic carbocycles. The molecule has 106 valence electrons. The first-order chi connectivity index (χ1) is 10.4. The minimum absolute atomic E-state index is 0.632. The third-order valence-electron chi connectivity index (χ3n) is 4.65. The number of fused-ring (bicyclic) bond motifs is 1. The SMILES string of the molecule is c1ccc2cc(-c3cnc(C4CCCCC4)[nH]3)ccc2c1. The number of aromatic amines is 1. The number of rotatable bonds is 2. The molecule has 0 bridgehead atoms. The predicted octanol–water partition coefficient (Wildman–Crippen LogP) is 5.28. The smallest absolute Gasteiger partial charge is 0.109 e. The van der Waals surface area contributed by atoms with E-state index in [0.717, 1.165) is 5.69 Å². The molecule has 21 heavy (non-hydrogen) atoms. The maximum absolute atomic E-state index is 4.64. The van der Waals surface area contributed by atoms with Crippen molar-refractivity contribution < 1.29 is 0 Å². The molecule has 1 saturated carbocycles. The Kier molecular flexibility index (Phi) is 3.23. The minimum atomic E-state index is 0.632. The fourth-order valence-electron chi connectivity index (χ4n) is 3.42. The molecule has 4 rings (SSSR count). The van der Waals surface area contributed by atoms with E-state index in [-0.39, 0.29) is 0 Å². The second-order valence-corrected chi connectivity index (χ2v) is 6.08. The molecule has 2 aromatic carbocycles. The van der Waals surface area contributed by atoms with Crippen LogP contribution in [-0.4, -0.2) is 9.97 Å². The van der Waals surface area contributed by atoms with Crippen molar-refractivity contribution in [3.63, 3.8) is 0 Å². The van der Waals surface area contributed by atoms with Crippen molar-refractivity contribution in [3.8, 4) is 11.3 Å². The molecule has 1 aromatic heterocycles. The Bertz CT molecular complexity index is 751. The molecule has 0 spiro atoms. The zero-order chi connectivity index (χ0) is 14.1. The van der Waals surface area contributed by atoms with Gasteiger partial charge in [-0.25, -0.2) is 4.98 Å². The van der Waals surface area contributed by atoms with Gasteiger partial charge in [-0.1, -0.05) is 55.7 Å². The number of nitrogens with one attached hydrogen (secondary N) is 1. The molecular formula is C19H20N2. The van der Waals surface area contributed by atoms with Gasteiger partial charge in [0.25, 0.3) is 0 Å². The highest BCUT2D eigenvalue weighted by atomic mass is 14.9. The van der Waals surface area contributed by atoms with Crippen LogP contribution >= 0.6 is 0 Å². The van der Waals surface area contributed by atoms with Crippen molar-refractivity contribution in [2.45, 2.75) is 38.0 Å². The Morgan fingerprint density at radius 2 is 1.71 bits per heavy atom. The monoisotopic (exact) mass is 276 g/mol. The number of hydrogen-bond donors (Lipinski definition) is 1. The summed E-state index contributed by atoms with van der Waals surface area (Å²) in [6, 6.07) is 15.1. The Morgan fingerprint density at radius 3 is 2.57 bits per heavy atom. The second kappa shape index (κ2) is 5.36. The predicted molar refractivity (Wildman–Crippen MR) is 87.4 cm³/mol. The van der Waals surface area contributed by atoms with Crippen molar-refractivity contribution in [2.75, 3.05) is 0 Å². The maximum Gasteiger partial charge on any atom is 0.109 e. The molecule has 0 saturated heterocycles. The average molecular weight is 276 g/mol. The van der Waals surface area contributed by atoms with Crippen molar-refractivity contribution >= 4 is 10.8 Å². The number of imidazole rings is 1. The zero-order valence-electron chi connectivity index (χ0n) is 12.2. The lowest BCUT2D eigenvalue weighted by Gasteiger charge is -2.19. The van der Waals surface area contributed by atoms with Crippen molar-refractivity contribution in [2.24, 2.45) is 0 Å². The summed E-state index contributed by atoms with van der Waals surface area (Å²) in [5.41, 5.74) is 2.37. The summed E-state index contributed by atoms with van der Waals surface area (Å²) in [5, 5.41) is 2.57. The molecule has 0 aliphatic heterocycles. The molecule has 2 nitrogen and oxygen atoms in total. The van der Waals surface area contributed by atoms with Gasteiger partial charge in [0, 0.05) is 11.5 Å². The van der Waals surface area contributed by atoms with Crippen molar-refractivity contribution in [1.29, 1.82) is 0 Å². The fraction of sp³-hybridized carbons (Fsp3) is 0.316. The Labute approximate surface area is 125 Å². The highest BCUT2D eigenvalue weighted by Crippen LogP contribution is 2.32. The number of nitrogens with zero attached hydrogens (tertiary/aromatic N) is 1. The average Bonchev–Trinajstić information content (AvgIpc) is 3.05. The lowest BCUT2D eigenvalue weighted by molar-refractivity contribution is 0.431. The quantitative estimate of drug-likeness (QED) is 0.678. The van der Waals surface area contributed by atoms with Crippen molar-refractivity contribution in [3.05, 3.63) is 54.5 Å². The molecule has 0 atom stereocenters. The fourth-order valence-corrected chi connectivity index (χ4v) is 3.42. The lowest BCUT2D eigenvalue weighted by atomic mass is 9.89. The van der Waals surface area contributed by atoms with E-state index in [1.807, 2.05) is 6.20 Å². The molecule has 0 radical (unpaired) electrons. The van der Waals surface area contributed by atoms with Crippen LogP contribution in [0, 0.1) is 0 Å². The standard InChI is InChI=1S/C19H20N2/c1-2-7-15(8-3-1)19-20-13-18(21-19)17-11-10-14-6-4-5-9-16(14)12-17/h4-6,9-13,15H,1-3,7-8H2,(H,20,21). The van der Waals surface area contributed by atoms with Gasteiger partial charge in [0.1, 0.15) is 5.82 Å². The third kappa shape index (κ3) is 2.46. The van der Waals surface area contributed by atoms with Crippen molar-refractivity contribution in [1.82, 2.24) is 9.97 Å². The molecule has 1 aliphatic rings. The maximum atomic E-state index is 4.64. The summed E-state index contributed by atoms with van der Waals surface area (Å²) in [7, 11) is 0. The Hall–Kier alpha value is -2.09. The van der Waals surface area contributed by atoms with Gasteiger partial charge in [-0.05, 0) is 29.7 Å². The van der Waals surface area contributed by atoms with Crippen LogP contribution in [0.1, 0.15) is 43.8 Å². The molecule has 0 unspecified atom stereocenters. The first-order valence-corrected chi connectivity index (χ1v) is 7.94. The molecular weight excluding hydrogens is 256 g/mol. The largest absolute Gasteiger partial charge is 0.342 e. The molecule has 1 N–H and O–H groups in total. The van der Waals surface area contributed by atoms with Crippen LogP contribution in [0.4, 0.5) is 0 Å². The van der Waals surface area contributed by atoms with Crippen LogP contribution in [0.15, 0.2) is 48.7 Å². The number of aromatic nitrogens is 2. The van der Waals surface area contributed by atoms with Gasteiger partial charge in [0.15, 0.2) is 0 Å². The molecule has 0 amide bonds. The summed E-state index contributed by atoms with van der Waals surface area (Å²) in [5.74, 6) is 1.81. The molecule has 3 aromatic rings. The van der Waals surface area contributed by atoms with E-state index in [0.29, 0.717) is 5.92 Å². The van der Waals surface area contributed by atoms with Crippen LogP contribution in [-0.2, 0) is 0 Å². The van der Waals surface area contributed by atoms with Gasteiger partial charge in [0.05, 0.1) is 11.9 Å². The number of H-pyrrole nitrogens is 1. The molecule has 1 heterocycles. The van der Waals surface area contributed by atoms with Crippen LogP contribution in [0.5, 0.6) is 0 Å². The van der Waals surface area contributed by atoms with Gasteiger partial charge in [0.2, 0.25) is 0 Å². The summed E-state index contributed by atoms with van der Waals surface area (Å²) in [6.45, 7) is 0. The van der Waals surface area contributed by atoms with E-state index in [9.17, 15) is 0 Å².